The fraction of sp³-hybridized carbons (Fsp3) is 0.824. The molecule has 10 atom stereocenters. The molecule has 154 valence electrons. The van der Waals surface area contributed by atoms with Gasteiger partial charge in [0.05, 0.1) is 31.7 Å². The maximum Gasteiger partial charge on any atom is 0.337 e. The van der Waals surface area contributed by atoms with Crippen molar-refractivity contribution in [1.82, 2.24) is 0 Å². The third kappa shape index (κ3) is 3.58. The van der Waals surface area contributed by atoms with E-state index in [0.717, 1.165) is 0 Å². The minimum absolute atomic E-state index is 0.279. The van der Waals surface area contributed by atoms with Crippen molar-refractivity contribution in [3.05, 3.63) is 11.8 Å². The number of rotatable bonds is 4. The smallest absolute Gasteiger partial charge is 0.337 e. The normalized spacial score (nSPS) is 47.0. The summed E-state index contributed by atoms with van der Waals surface area (Å²) in [5.41, 5.74) is 0.291. The van der Waals surface area contributed by atoms with Crippen LogP contribution in [0.1, 0.15) is 13.3 Å². The molecule has 0 aromatic carbocycles. The molecule has 1 aliphatic carbocycles. The molecule has 1 saturated heterocycles. The van der Waals surface area contributed by atoms with E-state index in [-0.39, 0.29) is 11.8 Å². The van der Waals surface area contributed by atoms with Gasteiger partial charge in [-0.1, -0.05) is 6.92 Å². The predicted octanol–water partition coefficient (Wildman–Crippen LogP) is -2.15. The second-order valence-electron chi connectivity index (χ2n) is 7.25. The molecule has 1 saturated carbocycles. The minimum atomic E-state index is -1.58. The average Bonchev–Trinajstić information content (AvgIpc) is 2.96. The minimum Gasteiger partial charge on any atom is -0.472 e. The van der Waals surface area contributed by atoms with Gasteiger partial charge < -0.3 is 44.5 Å². The van der Waals surface area contributed by atoms with Gasteiger partial charge in [-0.25, -0.2) is 4.79 Å². The van der Waals surface area contributed by atoms with E-state index in [1.807, 2.05) is 0 Å². The zero-order valence-corrected chi connectivity index (χ0v) is 15.0. The lowest BCUT2D eigenvalue weighted by Crippen LogP contribution is -2.60. The molecule has 10 heteroatoms. The first-order valence-corrected chi connectivity index (χ1v) is 8.88. The number of esters is 1. The van der Waals surface area contributed by atoms with Crippen LogP contribution in [0.4, 0.5) is 0 Å². The van der Waals surface area contributed by atoms with Crippen LogP contribution in [0, 0.1) is 17.8 Å². The first kappa shape index (κ1) is 20.5. The summed E-state index contributed by atoms with van der Waals surface area (Å²) in [6, 6.07) is 0. The highest BCUT2D eigenvalue weighted by Crippen LogP contribution is 2.47. The Morgan fingerprint density at radius 3 is 2.52 bits per heavy atom. The number of hydrogen-bond donors (Lipinski definition) is 5. The van der Waals surface area contributed by atoms with Gasteiger partial charge in [0.15, 0.2) is 6.29 Å². The van der Waals surface area contributed by atoms with Gasteiger partial charge in [-0.15, -0.1) is 0 Å². The van der Waals surface area contributed by atoms with Gasteiger partial charge in [-0.05, 0) is 12.3 Å². The van der Waals surface area contributed by atoms with Crippen LogP contribution in [0.15, 0.2) is 11.8 Å². The Kier molecular flexibility index (Phi) is 6.06. The molecule has 0 bridgehead atoms. The van der Waals surface area contributed by atoms with Crippen molar-refractivity contribution in [1.29, 1.82) is 0 Å². The lowest BCUT2D eigenvalue weighted by molar-refractivity contribution is -0.342. The van der Waals surface area contributed by atoms with Crippen LogP contribution in [-0.2, 0) is 23.7 Å². The number of aliphatic hydroxyl groups excluding tert-OH is 5. The van der Waals surface area contributed by atoms with Crippen LogP contribution >= 0.6 is 0 Å². The molecule has 3 aliphatic rings. The first-order valence-electron chi connectivity index (χ1n) is 8.88. The summed E-state index contributed by atoms with van der Waals surface area (Å²) < 4.78 is 21.4. The van der Waals surface area contributed by atoms with E-state index in [2.05, 4.69) is 0 Å². The largest absolute Gasteiger partial charge is 0.472 e. The fourth-order valence-electron chi connectivity index (χ4n) is 4.10. The van der Waals surface area contributed by atoms with Crippen LogP contribution in [0.2, 0.25) is 0 Å². The molecule has 0 amide bonds. The Labute approximate surface area is 155 Å². The third-order valence-corrected chi connectivity index (χ3v) is 5.75. The van der Waals surface area contributed by atoms with E-state index in [9.17, 15) is 30.3 Å². The highest BCUT2D eigenvalue weighted by molar-refractivity contribution is 5.89. The molecule has 0 aromatic rings. The Bertz CT molecular complexity index is 578. The number of ether oxygens (including phenoxy) is 4. The van der Waals surface area contributed by atoms with Gasteiger partial charge >= 0.3 is 5.97 Å². The third-order valence-electron chi connectivity index (χ3n) is 5.75. The van der Waals surface area contributed by atoms with Crippen LogP contribution in [0.5, 0.6) is 0 Å². The molecule has 10 nitrogen and oxygen atoms in total. The summed E-state index contributed by atoms with van der Waals surface area (Å²) >= 11 is 0. The van der Waals surface area contributed by atoms with E-state index >= 15 is 0 Å². The molecule has 3 rings (SSSR count). The molecule has 2 fully saturated rings. The van der Waals surface area contributed by atoms with Crippen molar-refractivity contribution >= 4 is 5.97 Å². The number of carbonyl (C=O) groups is 1. The monoisotopic (exact) mass is 390 g/mol. The highest BCUT2D eigenvalue weighted by Gasteiger charge is 2.53. The van der Waals surface area contributed by atoms with E-state index in [1.165, 1.54) is 13.4 Å². The van der Waals surface area contributed by atoms with Crippen molar-refractivity contribution in [2.24, 2.45) is 17.8 Å². The second kappa shape index (κ2) is 8.00. The lowest BCUT2D eigenvalue weighted by Gasteiger charge is -2.43. The standard InChI is InChI=1S/C17H26O10/c1-6-9(19)3-7-8(15(23)24-2)5-25-16(11(6)7)27-17-14(22)13(21)12(20)10(4-18)26-17/h5-7,9-14,16-22H,3-4H2,1-2H3/t6-,7+,9-,10-,11-,12-,13+,14-,16+,17+/m1/s1. The van der Waals surface area contributed by atoms with E-state index in [4.69, 9.17) is 18.9 Å². The number of carbonyl (C=O) groups excluding carboxylic acids is 1. The quantitative estimate of drug-likeness (QED) is 0.336. The average molecular weight is 390 g/mol. The maximum absolute atomic E-state index is 12.0. The Morgan fingerprint density at radius 2 is 1.89 bits per heavy atom. The van der Waals surface area contributed by atoms with Gasteiger partial charge in [0.25, 0.3) is 0 Å². The fourth-order valence-corrected chi connectivity index (χ4v) is 4.10. The van der Waals surface area contributed by atoms with Crippen molar-refractivity contribution in [2.75, 3.05) is 13.7 Å². The molecular weight excluding hydrogens is 364 g/mol. The summed E-state index contributed by atoms with van der Waals surface area (Å²) in [5, 5.41) is 49.4. The van der Waals surface area contributed by atoms with Gasteiger partial charge in [0.1, 0.15) is 24.4 Å². The second-order valence-corrected chi connectivity index (χ2v) is 7.25. The number of methoxy groups -OCH3 is 1. The van der Waals surface area contributed by atoms with E-state index in [0.29, 0.717) is 12.0 Å². The van der Waals surface area contributed by atoms with Crippen LogP contribution in [-0.4, -0.2) is 88.3 Å². The zero-order chi connectivity index (χ0) is 19.9. The molecular formula is C17H26O10. The molecule has 27 heavy (non-hydrogen) atoms. The maximum atomic E-state index is 12.0. The summed E-state index contributed by atoms with van der Waals surface area (Å²) in [7, 11) is 1.25. The van der Waals surface area contributed by atoms with Crippen molar-refractivity contribution in [2.45, 2.75) is 56.4 Å². The van der Waals surface area contributed by atoms with Crippen molar-refractivity contribution in [3.8, 4) is 0 Å². The Hall–Kier alpha value is -1.27. The van der Waals surface area contributed by atoms with Crippen molar-refractivity contribution < 1.29 is 49.3 Å². The zero-order valence-electron chi connectivity index (χ0n) is 15.0. The highest BCUT2D eigenvalue weighted by atomic mass is 16.8. The molecule has 0 spiro atoms. The number of hydrogen-bond acceptors (Lipinski definition) is 10. The molecule has 0 unspecified atom stereocenters. The van der Waals surface area contributed by atoms with Crippen LogP contribution in [0.25, 0.3) is 0 Å². The number of aliphatic hydroxyl groups is 5. The summed E-state index contributed by atoms with van der Waals surface area (Å²) in [4.78, 5) is 12.0. The first-order chi connectivity index (χ1) is 12.8. The van der Waals surface area contributed by atoms with Crippen LogP contribution in [0.3, 0.4) is 0 Å². The predicted molar refractivity (Wildman–Crippen MR) is 86.6 cm³/mol. The van der Waals surface area contributed by atoms with E-state index in [1.54, 1.807) is 6.92 Å². The summed E-state index contributed by atoms with van der Waals surface area (Å²) in [6.45, 7) is 1.21. The molecule has 0 aromatic heterocycles. The van der Waals surface area contributed by atoms with Gasteiger partial charge in [0, 0.05) is 11.8 Å². The number of fused-ring (bicyclic) bond motifs is 1. The van der Waals surface area contributed by atoms with Crippen LogP contribution < -0.4 is 0 Å². The van der Waals surface area contributed by atoms with Crippen molar-refractivity contribution in [3.63, 3.8) is 0 Å². The summed E-state index contributed by atoms with van der Waals surface area (Å²) in [6.07, 6.45) is -7.25. The van der Waals surface area contributed by atoms with Gasteiger partial charge in [-0.2, -0.15) is 0 Å². The topological polar surface area (TPSA) is 155 Å². The SMILES string of the molecule is COC(=O)C1=CO[C@@H](O[C@@H]2O[C@H](CO)[C@@H](O)[C@H](O)[C@H]2O)[C@@H]2[C@H](C)[C@H](O)C[C@@H]12. The lowest BCUT2D eigenvalue weighted by atomic mass is 9.83. The molecule has 5 N–H and O–H groups in total. The Morgan fingerprint density at radius 1 is 1.19 bits per heavy atom. The molecule has 0 radical (unpaired) electrons. The van der Waals surface area contributed by atoms with Gasteiger partial charge in [0.2, 0.25) is 6.29 Å². The molecule has 2 heterocycles. The molecule has 2 aliphatic heterocycles. The summed E-state index contributed by atoms with van der Waals surface area (Å²) in [5.74, 6) is -1.63. The van der Waals surface area contributed by atoms with Gasteiger partial charge in [-0.3, -0.25) is 0 Å². The Balaban J connectivity index is 1.80. The van der Waals surface area contributed by atoms with E-state index < -0.39 is 61.6 Å².